The van der Waals surface area contributed by atoms with Gasteiger partial charge in [-0.2, -0.15) is 0 Å². The molecule has 0 unspecified atom stereocenters. The van der Waals surface area contributed by atoms with Crippen LogP contribution >= 0.6 is 0 Å². The smallest absolute Gasteiger partial charge is 0.0431 e. The van der Waals surface area contributed by atoms with E-state index in [4.69, 9.17) is 5.11 Å². The summed E-state index contributed by atoms with van der Waals surface area (Å²) in [6.45, 7) is 11.0. The van der Waals surface area contributed by atoms with Gasteiger partial charge in [-0.1, -0.05) is 26.3 Å². The Kier molecular flexibility index (Phi) is 9.70. The third-order valence-corrected chi connectivity index (χ3v) is 2.73. The van der Waals surface area contributed by atoms with Crippen molar-refractivity contribution in [3.8, 4) is 0 Å². The molecule has 0 amide bonds. The largest absolute Gasteiger partial charge is 0.396 e. The number of nitrogens with zero attached hydrogens (tertiary/aromatic N) is 1. The lowest BCUT2D eigenvalue weighted by atomic mass is 10.1. The van der Waals surface area contributed by atoms with Crippen molar-refractivity contribution in [2.24, 2.45) is 0 Å². The Labute approximate surface area is 95.0 Å². The molecular formula is C13H27NO. The Morgan fingerprint density at radius 1 is 1.13 bits per heavy atom. The summed E-state index contributed by atoms with van der Waals surface area (Å²) < 4.78 is 0. The Hall–Kier alpha value is -0.500. The second-order valence-electron chi connectivity index (χ2n) is 4.03. The molecule has 15 heavy (non-hydrogen) atoms. The predicted octanol–water partition coefficient (Wildman–Crippen LogP) is 3.17. The van der Waals surface area contributed by atoms with E-state index in [9.17, 15) is 0 Å². The molecule has 0 saturated carbocycles. The van der Waals surface area contributed by atoms with Gasteiger partial charge in [-0.05, 0) is 32.6 Å². The summed E-state index contributed by atoms with van der Waals surface area (Å²) >= 11 is 0. The molecule has 1 N–H and O–H groups in total. The molecule has 0 spiro atoms. The molecule has 0 aromatic rings. The fourth-order valence-corrected chi connectivity index (χ4v) is 1.69. The van der Waals surface area contributed by atoms with E-state index >= 15 is 0 Å². The van der Waals surface area contributed by atoms with Crippen molar-refractivity contribution in [1.82, 2.24) is 4.90 Å². The maximum Gasteiger partial charge on any atom is 0.0431 e. The number of aliphatic hydroxyl groups excluding tert-OH is 1. The minimum atomic E-state index is 0.301. The predicted molar refractivity (Wildman–Crippen MR) is 66.8 cm³/mol. The van der Waals surface area contributed by atoms with Crippen LogP contribution in [-0.4, -0.2) is 29.7 Å². The Bertz CT molecular complexity index is 157. The number of aliphatic hydroxyl groups is 1. The van der Waals surface area contributed by atoms with Gasteiger partial charge in [-0.3, -0.25) is 0 Å². The second-order valence-corrected chi connectivity index (χ2v) is 4.03. The van der Waals surface area contributed by atoms with Crippen LogP contribution in [-0.2, 0) is 0 Å². The summed E-state index contributed by atoms with van der Waals surface area (Å²) in [5.74, 6) is 0. The molecule has 0 heterocycles. The van der Waals surface area contributed by atoms with Gasteiger partial charge in [-0.25, -0.2) is 0 Å². The average molecular weight is 213 g/mol. The summed E-state index contributed by atoms with van der Waals surface area (Å²) in [7, 11) is 0. The Balaban J connectivity index is 3.67. The zero-order chi connectivity index (χ0) is 11.5. The molecule has 2 nitrogen and oxygen atoms in total. The van der Waals surface area contributed by atoms with Crippen LogP contribution in [0.25, 0.3) is 0 Å². The van der Waals surface area contributed by atoms with Gasteiger partial charge < -0.3 is 10.0 Å². The summed E-state index contributed by atoms with van der Waals surface area (Å²) in [4.78, 5) is 2.37. The molecule has 0 aliphatic carbocycles. The molecule has 0 bridgehead atoms. The average Bonchev–Trinajstić information content (AvgIpc) is 2.24. The van der Waals surface area contributed by atoms with E-state index in [1.54, 1.807) is 0 Å². The Morgan fingerprint density at radius 2 is 1.87 bits per heavy atom. The first kappa shape index (κ1) is 14.5. The van der Waals surface area contributed by atoms with Crippen LogP contribution in [0.2, 0.25) is 0 Å². The van der Waals surface area contributed by atoms with Crippen molar-refractivity contribution in [1.29, 1.82) is 0 Å². The van der Waals surface area contributed by atoms with Gasteiger partial charge >= 0.3 is 0 Å². The summed E-state index contributed by atoms with van der Waals surface area (Å²) in [6.07, 6.45) is 6.82. The highest BCUT2D eigenvalue weighted by Gasteiger charge is 2.04. The van der Waals surface area contributed by atoms with Crippen molar-refractivity contribution in [2.75, 3.05) is 19.7 Å². The zero-order valence-electron chi connectivity index (χ0n) is 10.5. The van der Waals surface area contributed by atoms with Crippen LogP contribution < -0.4 is 0 Å². The van der Waals surface area contributed by atoms with Crippen LogP contribution in [0.15, 0.2) is 12.3 Å². The lowest BCUT2D eigenvalue weighted by molar-refractivity contribution is 0.279. The summed E-state index contributed by atoms with van der Waals surface area (Å²) in [6, 6.07) is 0. The fraction of sp³-hybridized carbons (Fsp3) is 0.846. The molecular weight excluding hydrogens is 186 g/mol. The topological polar surface area (TPSA) is 23.5 Å². The SMILES string of the molecule is C=C(CCCCO)N(CC)CCCCC. The monoisotopic (exact) mass is 213 g/mol. The van der Waals surface area contributed by atoms with Crippen molar-refractivity contribution in [3.05, 3.63) is 12.3 Å². The minimum absolute atomic E-state index is 0.301. The van der Waals surface area contributed by atoms with Crippen molar-refractivity contribution in [3.63, 3.8) is 0 Å². The highest BCUT2D eigenvalue weighted by molar-refractivity contribution is 4.93. The molecule has 0 atom stereocenters. The first-order chi connectivity index (χ1) is 7.26. The van der Waals surface area contributed by atoms with E-state index in [2.05, 4.69) is 25.3 Å². The van der Waals surface area contributed by atoms with Gasteiger partial charge in [0.05, 0.1) is 0 Å². The second kappa shape index (κ2) is 10.0. The van der Waals surface area contributed by atoms with E-state index in [0.717, 1.165) is 32.4 Å². The van der Waals surface area contributed by atoms with E-state index in [-0.39, 0.29) is 0 Å². The zero-order valence-corrected chi connectivity index (χ0v) is 10.5. The number of rotatable bonds is 10. The maximum absolute atomic E-state index is 8.71. The number of unbranched alkanes of at least 4 members (excludes halogenated alkanes) is 3. The van der Waals surface area contributed by atoms with Gasteiger partial charge in [0.25, 0.3) is 0 Å². The molecule has 0 fully saturated rings. The highest BCUT2D eigenvalue weighted by atomic mass is 16.2. The first-order valence-electron chi connectivity index (χ1n) is 6.29. The quantitative estimate of drug-likeness (QED) is 0.563. The van der Waals surface area contributed by atoms with E-state index in [1.807, 2.05) is 0 Å². The molecule has 0 saturated heterocycles. The molecule has 0 aromatic heterocycles. The van der Waals surface area contributed by atoms with E-state index in [0.29, 0.717) is 6.61 Å². The normalized spacial score (nSPS) is 10.3. The van der Waals surface area contributed by atoms with Crippen LogP contribution in [0.1, 0.15) is 52.4 Å². The third kappa shape index (κ3) is 7.43. The van der Waals surface area contributed by atoms with Gasteiger partial charge in [0, 0.05) is 25.4 Å². The number of hydrogen-bond acceptors (Lipinski definition) is 2. The Morgan fingerprint density at radius 3 is 2.40 bits per heavy atom. The van der Waals surface area contributed by atoms with Gasteiger partial charge in [-0.15, -0.1) is 0 Å². The molecule has 0 rings (SSSR count). The van der Waals surface area contributed by atoms with E-state index in [1.165, 1.54) is 25.0 Å². The molecule has 0 aliphatic rings. The van der Waals surface area contributed by atoms with Crippen LogP contribution in [0.3, 0.4) is 0 Å². The third-order valence-electron chi connectivity index (χ3n) is 2.73. The molecule has 0 aromatic carbocycles. The number of hydrogen-bond donors (Lipinski definition) is 1. The first-order valence-corrected chi connectivity index (χ1v) is 6.29. The van der Waals surface area contributed by atoms with Crippen molar-refractivity contribution < 1.29 is 5.11 Å². The van der Waals surface area contributed by atoms with Crippen LogP contribution in [0.4, 0.5) is 0 Å². The van der Waals surface area contributed by atoms with E-state index < -0.39 is 0 Å². The van der Waals surface area contributed by atoms with Gasteiger partial charge in [0.2, 0.25) is 0 Å². The number of allylic oxidation sites excluding steroid dienone is 1. The maximum atomic E-state index is 8.71. The highest BCUT2D eigenvalue weighted by Crippen LogP contribution is 2.12. The van der Waals surface area contributed by atoms with Crippen molar-refractivity contribution >= 4 is 0 Å². The lowest BCUT2D eigenvalue weighted by Gasteiger charge is -2.25. The minimum Gasteiger partial charge on any atom is -0.396 e. The molecule has 2 heteroatoms. The van der Waals surface area contributed by atoms with Crippen LogP contribution in [0, 0.1) is 0 Å². The van der Waals surface area contributed by atoms with Crippen molar-refractivity contribution in [2.45, 2.75) is 52.4 Å². The summed E-state index contributed by atoms with van der Waals surface area (Å²) in [5, 5.41) is 8.71. The molecule has 0 aliphatic heterocycles. The fourth-order valence-electron chi connectivity index (χ4n) is 1.69. The molecule has 90 valence electrons. The standard InChI is InChI=1S/C13H27NO/c1-4-6-8-11-14(5-2)13(3)10-7-9-12-15/h15H,3-12H2,1-2H3. The lowest BCUT2D eigenvalue weighted by Crippen LogP contribution is -2.23. The van der Waals surface area contributed by atoms with Gasteiger partial charge in [0.1, 0.15) is 0 Å². The molecule has 0 radical (unpaired) electrons. The van der Waals surface area contributed by atoms with Gasteiger partial charge in [0.15, 0.2) is 0 Å². The van der Waals surface area contributed by atoms with Crippen LogP contribution in [0.5, 0.6) is 0 Å². The summed E-state index contributed by atoms with van der Waals surface area (Å²) in [5.41, 5.74) is 1.24.